The molecule has 124 valence electrons. The van der Waals surface area contributed by atoms with E-state index in [1.807, 2.05) is 48.5 Å². The van der Waals surface area contributed by atoms with Gasteiger partial charge in [0.25, 0.3) is 0 Å². The average molecular weight is 323 g/mol. The number of hydrogen-bond donors (Lipinski definition) is 2. The lowest BCUT2D eigenvalue weighted by Crippen LogP contribution is -2.33. The van der Waals surface area contributed by atoms with Crippen molar-refractivity contribution in [1.29, 1.82) is 0 Å². The highest BCUT2D eigenvalue weighted by molar-refractivity contribution is 5.89. The number of carbonyl (C=O) groups excluding carboxylic acids is 1. The zero-order valence-corrected chi connectivity index (χ0v) is 13.4. The van der Waals surface area contributed by atoms with E-state index in [0.29, 0.717) is 18.9 Å². The Bertz CT molecular complexity index is 709. The fraction of sp³-hybridized carbons (Fsp3) is 0.350. The van der Waals surface area contributed by atoms with Crippen molar-refractivity contribution in [3.8, 4) is 11.5 Å². The molecule has 0 aromatic heterocycles. The molecule has 4 rings (SSSR count). The molecule has 0 bridgehead atoms. The number of hydrogen-bond acceptors (Lipinski definition) is 3. The van der Waals surface area contributed by atoms with Crippen LogP contribution in [0.15, 0.2) is 48.5 Å². The summed E-state index contributed by atoms with van der Waals surface area (Å²) in [5, 5.41) is 12.9. The molecule has 2 aliphatic rings. The van der Waals surface area contributed by atoms with Crippen LogP contribution < -0.4 is 10.1 Å². The molecule has 0 spiro atoms. The summed E-state index contributed by atoms with van der Waals surface area (Å²) < 4.78 is 5.92. The monoisotopic (exact) mass is 323 g/mol. The van der Waals surface area contributed by atoms with E-state index in [2.05, 4.69) is 5.32 Å². The Kier molecular flexibility index (Phi) is 3.98. The third kappa shape index (κ3) is 2.89. The molecule has 2 N–H and O–H groups in total. The van der Waals surface area contributed by atoms with Crippen LogP contribution in [0.25, 0.3) is 0 Å². The summed E-state index contributed by atoms with van der Waals surface area (Å²) in [6.45, 7) is 0.498. The molecule has 1 heterocycles. The number of aliphatic hydroxyl groups is 1. The van der Waals surface area contributed by atoms with Gasteiger partial charge in [0.05, 0.1) is 12.0 Å². The summed E-state index contributed by atoms with van der Waals surface area (Å²) in [7, 11) is 0. The number of fused-ring (bicyclic) bond motifs is 2. The molecule has 1 amide bonds. The van der Waals surface area contributed by atoms with Crippen LogP contribution in [0, 0.1) is 5.92 Å². The number of carbonyl (C=O) groups is 1. The van der Waals surface area contributed by atoms with Gasteiger partial charge in [0.2, 0.25) is 5.91 Å². The van der Waals surface area contributed by atoms with Gasteiger partial charge in [0.15, 0.2) is 0 Å². The van der Waals surface area contributed by atoms with Gasteiger partial charge in [-0.05, 0) is 37.3 Å². The standard InChI is InChI=1S/C20H21NO3/c22-16(13-9-10-13)11-12-21-20(23)19-14-5-1-3-7-17(14)24-18-8-4-2-6-15(18)19/h1-8,13,16,19,22H,9-12H2,(H,21,23). The van der Waals surface area contributed by atoms with Crippen molar-refractivity contribution >= 4 is 5.91 Å². The van der Waals surface area contributed by atoms with Gasteiger partial charge >= 0.3 is 0 Å². The molecule has 1 unspecified atom stereocenters. The fourth-order valence-electron chi connectivity index (χ4n) is 3.35. The van der Waals surface area contributed by atoms with Gasteiger partial charge in [0.1, 0.15) is 11.5 Å². The molecule has 24 heavy (non-hydrogen) atoms. The average Bonchev–Trinajstić information content (AvgIpc) is 3.44. The van der Waals surface area contributed by atoms with Crippen LogP contribution in [0.2, 0.25) is 0 Å². The van der Waals surface area contributed by atoms with Crippen molar-refractivity contribution in [3.05, 3.63) is 59.7 Å². The zero-order chi connectivity index (χ0) is 16.5. The van der Waals surface area contributed by atoms with E-state index in [0.717, 1.165) is 35.5 Å². The quantitative estimate of drug-likeness (QED) is 0.888. The predicted octanol–water partition coefficient (Wildman–Crippen LogP) is 3.20. The molecule has 2 aromatic carbocycles. The van der Waals surface area contributed by atoms with E-state index in [1.165, 1.54) is 0 Å². The van der Waals surface area contributed by atoms with Gasteiger partial charge in [-0.3, -0.25) is 4.79 Å². The normalized spacial score (nSPS) is 17.4. The van der Waals surface area contributed by atoms with Crippen molar-refractivity contribution in [3.63, 3.8) is 0 Å². The van der Waals surface area contributed by atoms with Crippen molar-refractivity contribution < 1.29 is 14.6 Å². The number of aliphatic hydroxyl groups excluding tert-OH is 1. The Labute approximate surface area is 141 Å². The molecular weight excluding hydrogens is 302 g/mol. The molecule has 1 fully saturated rings. The number of ether oxygens (including phenoxy) is 1. The Morgan fingerprint density at radius 2 is 1.67 bits per heavy atom. The van der Waals surface area contributed by atoms with Crippen LogP contribution in [-0.2, 0) is 4.79 Å². The highest BCUT2D eigenvalue weighted by Crippen LogP contribution is 2.43. The first-order valence-electron chi connectivity index (χ1n) is 8.55. The smallest absolute Gasteiger partial charge is 0.232 e. The molecule has 0 radical (unpaired) electrons. The minimum absolute atomic E-state index is 0.0406. The van der Waals surface area contributed by atoms with Crippen LogP contribution >= 0.6 is 0 Å². The number of rotatable bonds is 5. The first-order chi connectivity index (χ1) is 11.7. The van der Waals surface area contributed by atoms with Crippen molar-refractivity contribution in [2.75, 3.05) is 6.54 Å². The SMILES string of the molecule is O=C(NCCC(O)C1CC1)C1c2ccccc2Oc2ccccc21. The summed E-state index contributed by atoms with van der Waals surface area (Å²) in [5.41, 5.74) is 1.77. The Morgan fingerprint density at radius 3 is 2.25 bits per heavy atom. The summed E-state index contributed by atoms with van der Waals surface area (Å²) in [6, 6.07) is 15.3. The largest absolute Gasteiger partial charge is 0.457 e. The second-order valence-electron chi connectivity index (χ2n) is 6.60. The van der Waals surface area contributed by atoms with Crippen LogP contribution in [0.5, 0.6) is 11.5 Å². The Morgan fingerprint density at radius 1 is 1.08 bits per heavy atom. The maximum atomic E-state index is 12.8. The molecule has 1 saturated carbocycles. The molecule has 2 aromatic rings. The minimum atomic E-state index is -0.371. The highest BCUT2D eigenvalue weighted by Gasteiger charge is 2.33. The molecule has 1 aliphatic heterocycles. The van der Waals surface area contributed by atoms with Crippen molar-refractivity contribution in [1.82, 2.24) is 5.32 Å². The number of para-hydroxylation sites is 2. The van der Waals surface area contributed by atoms with Crippen LogP contribution in [0.3, 0.4) is 0 Å². The van der Waals surface area contributed by atoms with Crippen molar-refractivity contribution in [2.24, 2.45) is 5.92 Å². The predicted molar refractivity (Wildman–Crippen MR) is 91.2 cm³/mol. The number of nitrogens with one attached hydrogen (secondary N) is 1. The summed E-state index contributed by atoms with van der Waals surface area (Å²) >= 11 is 0. The Balaban J connectivity index is 1.53. The third-order valence-corrected chi connectivity index (χ3v) is 4.85. The maximum Gasteiger partial charge on any atom is 0.232 e. The molecule has 4 nitrogen and oxygen atoms in total. The summed E-state index contributed by atoms with van der Waals surface area (Å²) in [5.74, 6) is 1.49. The van der Waals surface area contributed by atoms with Crippen LogP contribution in [0.1, 0.15) is 36.3 Å². The fourth-order valence-corrected chi connectivity index (χ4v) is 3.35. The summed E-state index contributed by atoms with van der Waals surface area (Å²) in [4.78, 5) is 12.8. The second-order valence-corrected chi connectivity index (χ2v) is 6.60. The van der Waals surface area contributed by atoms with E-state index in [4.69, 9.17) is 4.74 Å². The van der Waals surface area contributed by atoms with Crippen LogP contribution in [0.4, 0.5) is 0 Å². The topological polar surface area (TPSA) is 58.6 Å². The lowest BCUT2D eigenvalue weighted by atomic mass is 9.87. The Hall–Kier alpha value is -2.33. The molecule has 1 aliphatic carbocycles. The lowest BCUT2D eigenvalue weighted by Gasteiger charge is -2.27. The van der Waals surface area contributed by atoms with Gasteiger partial charge in [0, 0.05) is 17.7 Å². The molecular formula is C20H21NO3. The first kappa shape index (κ1) is 15.2. The van der Waals surface area contributed by atoms with Gasteiger partial charge < -0.3 is 15.2 Å². The van der Waals surface area contributed by atoms with E-state index in [-0.39, 0.29) is 17.9 Å². The highest BCUT2D eigenvalue weighted by atomic mass is 16.5. The first-order valence-corrected chi connectivity index (χ1v) is 8.55. The van der Waals surface area contributed by atoms with Crippen LogP contribution in [-0.4, -0.2) is 23.7 Å². The van der Waals surface area contributed by atoms with Gasteiger partial charge in [-0.1, -0.05) is 36.4 Å². The van der Waals surface area contributed by atoms with Gasteiger partial charge in [-0.15, -0.1) is 0 Å². The molecule has 1 atom stereocenters. The van der Waals surface area contributed by atoms with E-state index in [1.54, 1.807) is 0 Å². The van der Waals surface area contributed by atoms with Gasteiger partial charge in [-0.25, -0.2) is 0 Å². The molecule has 0 saturated heterocycles. The lowest BCUT2D eigenvalue weighted by molar-refractivity contribution is -0.121. The van der Waals surface area contributed by atoms with E-state index >= 15 is 0 Å². The summed E-state index contributed by atoms with van der Waals surface area (Å²) in [6.07, 6.45) is 2.54. The van der Waals surface area contributed by atoms with Gasteiger partial charge in [-0.2, -0.15) is 0 Å². The van der Waals surface area contributed by atoms with E-state index in [9.17, 15) is 9.90 Å². The maximum absolute atomic E-state index is 12.8. The minimum Gasteiger partial charge on any atom is -0.457 e. The number of benzene rings is 2. The number of amides is 1. The second kappa shape index (κ2) is 6.29. The third-order valence-electron chi connectivity index (χ3n) is 4.85. The molecule has 4 heteroatoms. The zero-order valence-electron chi connectivity index (χ0n) is 13.4. The van der Waals surface area contributed by atoms with Crippen molar-refractivity contribution in [2.45, 2.75) is 31.3 Å². The van der Waals surface area contributed by atoms with E-state index < -0.39 is 0 Å².